The van der Waals surface area contributed by atoms with E-state index in [0.717, 1.165) is 16.7 Å². The molecule has 1 atom stereocenters. The molecule has 7 heteroatoms. The normalized spacial score (nSPS) is 12.9. The number of azide groups is 1. The van der Waals surface area contributed by atoms with E-state index in [2.05, 4.69) is 39.6 Å². The summed E-state index contributed by atoms with van der Waals surface area (Å²) >= 11 is 0. The Morgan fingerprint density at radius 3 is 2.26 bits per heavy atom. The van der Waals surface area contributed by atoms with Gasteiger partial charge in [0.15, 0.2) is 0 Å². The molecule has 0 saturated carbocycles. The SMILES string of the molecule is [N-]=[N+]=NC[C@H](Cc1ccc(O)cc1)NC(=O)OCC1c2ccccc2-c2ccccc21. The van der Waals surface area contributed by atoms with Crippen LogP contribution in [0.2, 0.25) is 0 Å². The molecular formula is C24H22N4O3. The highest BCUT2D eigenvalue weighted by Crippen LogP contribution is 2.44. The molecule has 1 amide bonds. The first-order chi connectivity index (χ1) is 15.2. The highest BCUT2D eigenvalue weighted by atomic mass is 16.5. The molecule has 0 fully saturated rings. The lowest BCUT2D eigenvalue weighted by atomic mass is 9.98. The van der Waals surface area contributed by atoms with Crippen LogP contribution in [0.5, 0.6) is 5.75 Å². The summed E-state index contributed by atoms with van der Waals surface area (Å²) in [7, 11) is 0. The van der Waals surface area contributed by atoms with Crippen LogP contribution < -0.4 is 5.32 Å². The van der Waals surface area contributed by atoms with Crippen molar-refractivity contribution in [2.24, 2.45) is 5.11 Å². The van der Waals surface area contributed by atoms with Crippen LogP contribution in [0.15, 0.2) is 77.9 Å². The lowest BCUT2D eigenvalue weighted by Crippen LogP contribution is -2.39. The van der Waals surface area contributed by atoms with Gasteiger partial charge in [-0.1, -0.05) is 65.8 Å². The first kappa shape index (κ1) is 20.3. The van der Waals surface area contributed by atoms with E-state index < -0.39 is 12.1 Å². The number of carbonyl (C=O) groups is 1. The molecule has 31 heavy (non-hydrogen) atoms. The lowest BCUT2D eigenvalue weighted by Gasteiger charge is -2.19. The number of amides is 1. The number of alkyl carbamates (subject to hydrolysis) is 1. The molecule has 2 N–H and O–H groups in total. The molecule has 0 radical (unpaired) electrons. The van der Waals surface area contributed by atoms with E-state index in [-0.39, 0.29) is 24.8 Å². The zero-order valence-electron chi connectivity index (χ0n) is 16.8. The topological polar surface area (TPSA) is 107 Å². The summed E-state index contributed by atoms with van der Waals surface area (Å²) < 4.78 is 5.58. The van der Waals surface area contributed by atoms with Gasteiger partial charge in [0.1, 0.15) is 12.4 Å². The smallest absolute Gasteiger partial charge is 0.407 e. The predicted octanol–water partition coefficient (Wildman–Crippen LogP) is 5.15. The monoisotopic (exact) mass is 414 g/mol. The number of benzene rings is 3. The molecular weight excluding hydrogens is 392 g/mol. The Morgan fingerprint density at radius 2 is 1.65 bits per heavy atom. The van der Waals surface area contributed by atoms with Crippen molar-refractivity contribution in [1.82, 2.24) is 5.32 Å². The largest absolute Gasteiger partial charge is 0.508 e. The van der Waals surface area contributed by atoms with Gasteiger partial charge in [-0.3, -0.25) is 0 Å². The molecule has 3 aromatic rings. The zero-order chi connectivity index (χ0) is 21.6. The molecule has 0 heterocycles. The van der Waals surface area contributed by atoms with Crippen molar-refractivity contribution >= 4 is 6.09 Å². The molecule has 0 aromatic heterocycles. The summed E-state index contributed by atoms with van der Waals surface area (Å²) in [5.74, 6) is 0.144. The molecule has 3 aromatic carbocycles. The molecule has 1 aliphatic rings. The minimum atomic E-state index is -0.557. The van der Waals surface area contributed by atoms with Crippen LogP contribution in [0.25, 0.3) is 21.6 Å². The van der Waals surface area contributed by atoms with E-state index in [0.29, 0.717) is 6.42 Å². The maximum atomic E-state index is 12.5. The second kappa shape index (κ2) is 9.24. The summed E-state index contributed by atoms with van der Waals surface area (Å²) in [6.45, 7) is 0.314. The number of phenolic OH excluding ortho intramolecular Hbond substituents is 1. The number of nitrogens with one attached hydrogen (secondary N) is 1. The van der Waals surface area contributed by atoms with Gasteiger partial charge in [-0.05, 0) is 51.9 Å². The molecule has 0 spiro atoms. The highest BCUT2D eigenvalue weighted by molar-refractivity contribution is 5.79. The number of carbonyl (C=O) groups excluding carboxylic acids is 1. The fourth-order valence-electron chi connectivity index (χ4n) is 4.02. The molecule has 0 aliphatic heterocycles. The third-order valence-electron chi connectivity index (χ3n) is 5.45. The van der Waals surface area contributed by atoms with Crippen LogP contribution in [0.1, 0.15) is 22.6 Å². The number of hydrogen-bond acceptors (Lipinski definition) is 4. The zero-order valence-corrected chi connectivity index (χ0v) is 16.8. The van der Waals surface area contributed by atoms with Crippen molar-refractivity contribution in [3.63, 3.8) is 0 Å². The van der Waals surface area contributed by atoms with Crippen molar-refractivity contribution in [3.05, 3.63) is 99.9 Å². The highest BCUT2D eigenvalue weighted by Gasteiger charge is 2.29. The molecule has 0 saturated heterocycles. The Labute approximate surface area is 179 Å². The molecule has 4 rings (SSSR count). The molecule has 156 valence electrons. The number of hydrogen-bond donors (Lipinski definition) is 2. The van der Waals surface area contributed by atoms with E-state index >= 15 is 0 Å². The van der Waals surface area contributed by atoms with Gasteiger partial charge < -0.3 is 15.2 Å². The molecule has 1 aliphatic carbocycles. The van der Waals surface area contributed by atoms with Gasteiger partial charge in [0.2, 0.25) is 0 Å². The van der Waals surface area contributed by atoms with E-state index in [4.69, 9.17) is 10.3 Å². The molecule has 0 unspecified atom stereocenters. The van der Waals surface area contributed by atoms with E-state index in [9.17, 15) is 9.90 Å². The van der Waals surface area contributed by atoms with Crippen LogP contribution in [0.3, 0.4) is 0 Å². The van der Waals surface area contributed by atoms with E-state index in [1.165, 1.54) is 11.1 Å². The fraction of sp³-hybridized carbons (Fsp3) is 0.208. The van der Waals surface area contributed by atoms with Crippen molar-refractivity contribution in [2.75, 3.05) is 13.2 Å². The maximum absolute atomic E-state index is 12.5. The average Bonchev–Trinajstić information content (AvgIpc) is 3.11. The Hall–Kier alpha value is -3.96. The minimum absolute atomic E-state index is 0.0224. The number of ether oxygens (including phenoxy) is 1. The first-order valence-electron chi connectivity index (χ1n) is 10.1. The Kier molecular flexibility index (Phi) is 6.05. The third kappa shape index (κ3) is 4.63. The van der Waals surface area contributed by atoms with Crippen molar-refractivity contribution in [1.29, 1.82) is 0 Å². The van der Waals surface area contributed by atoms with E-state index in [1.807, 2.05) is 24.3 Å². The standard InChI is InChI=1S/C24H22N4O3/c25-28-26-14-17(13-16-9-11-18(29)12-10-16)27-24(30)31-15-23-21-7-3-1-5-19(21)20-6-2-4-8-22(20)23/h1-12,17,23,29H,13-15H2,(H,27,30)/t17-/m0/s1. The predicted molar refractivity (Wildman–Crippen MR) is 118 cm³/mol. The molecule has 0 bridgehead atoms. The fourth-order valence-corrected chi connectivity index (χ4v) is 4.02. The minimum Gasteiger partial charge on any atom is -0.508 e. The van der Waals surface area contributed by atoms with Crippen LogP contribution in [-0.2, 0) is 11.2 Å². The maximum Gasteiger partial charge on any atom is 0.407 e. The Balaban J connectivity index is 1.42. The second-order valence-electron chi connectivity index (χ2n) is 7.45. The van der Waals surface area contributed by atoms with Crippen LogP contribution in [0.4, 0.5) is 4.79 Å². The van der Waals surface area contributed by atoms with Crippen LogP contribution in [0, 0.1) is 0 Å². The van der Waals surface area contributed by atoms with Gasteiger partial charge in [-0.15, -0.1) is 0 Å². The number of fused-ring (bicyclic) bond motifs is 3. The van der Waals surface area contributed by atoms with Crippen molar-refractivity contribution < 1.29 is 14.6 Å². The summed E-state index contributed by atoms with van der Waals surface area (Å²) in [6.07, 6.45) is -0.109. The Morgan fingerprint density at radius 1 is 1.03 bits per heavy atom. The number of rotatable bonds is 7. The number of aromatic hydroxyl groups is 1. The summed E-state index contributed by atoms with van der Waals surface area (Å²) in [4.78, 5) is 15.3. The van der Waals surface area contributed by atoms with Gasteiger partial charge in [0.25, 0.3) is 0 Å². The van der Waals surface area contributed by atoms with Gasteiger partial charge in [0, 0.05) is 23.4 Å². The number of nitrogens with zero attached hydrogens (tertiary/aromatic N) is 3. The van der Waals surface area contributed by atoms with Crippen LogP contribution in [-0.4, -0.2) is 30.4 Å². The summed E-state index contributed by atoms with van der Waals surface area (Å²) in [6, 6.07) is 22.6. The summed E-state index contributed by atoms with van der Waals surface area (Å²) in [5.41, 5.74) is 14.2. The quantitative estimate of drug-likeness (QED) is 0.317. The second-order valence-corrected chi connectivity index (χ2v) is 7.45. The third-order valence-corrected chi connectivity index (χ3v) is 5.45. The van der Waals surface area contributed by atoms with Gasteiger partial charge in [-0.25, -0.2) is 4.79 Å². The van der Waals surface area contributed by atoms with Crippen LogP contribution >= 0.6 is 0 Å². The van der Waals surface area contributed by atoms with Crippen molar-refractivity contribution in [2.45, 2.75) is 18.4 Å². The van der Waals surface area contributed by atoms with Gasteiger partial charge in [-0.2, -0.15) is 0 Å². The van der Waals surface area contributed by atoms with Gasteiger partial charge in [0.05, 0.1) is 0 Å². The summed E-state index contributed by atoms with van der Waals surface area (Å²) in [5, 5.41) is 15.8. The first-order valence-corrected chi connectivity index (χ1v) is 10.1. The Bertz CT molecular complexity index is 1080. The van der Waals surface area contributed by atoms with E-state index in [1.54, 1.807) is 24.3 Å². The number of phenols is 1. The molecule has 7 nitrogen and oxygen atoms in total. The average molecular weight is 414 g/mol. The van der Waals surface area contributed by atoms with Gasteiger partial charge >= 0.3 is 6.09 Å². The lowest BCUT2D eigenvalue weighted by molar-refractivity contribution is 0.139. The van der Waals surface area contributed by atoms with Crippen molar-refractivity contribution in [3.8, 4) is 16.9 Å².